The maximum Gasteiger partial charge on any atom is 0.223 e. The van der Waals surface area contributed by atoms with E-state index in [0.29, 0.717) is 44.8 Å². The Kier molecular flexibility index (Phi) is 8.53. The van der Waals surface area contributed by atoms with E-state index in [1.807, 2.05) is 0 Å². The lowest BCUT2D eigenvalue weighted by Crippen LogP contribution is -2.44. The minimum Gasteiger partial charge on any atom is -0.393 e. The van der Waals surface area contributed by atoms with Crippen molar-refractivity contribution in [1.29, 1.82) is 0 Å². The highest BCUT2D eigenvalue weighted by Crippen LogP contribution is 2.24. The number of piperidine rings is 1. The van der Waals surface area contributed by atoms with Crippen molar-refractivity contribution in [2.75, 3.05) is 13.1 Å². The van der Waals surface area contributed by atoms with Crippen LogP contribution in [0, 0.1) is 23.4 Å². The van der Waals surface area contributed by atoms with Crippen LogP contribution in [0.2, 0.25) is 0 Å². The van der Waals surface area contributed by atoms with Crippen LogP contribution in [0.3, 0.4) is 0 Å². The Labute approximate surface area is 186 Å². The van der Waals surface area contributed by atoms with Crippen molar-refractivity contribution in [2.45, 2.75) is 76.0 Å². The average Bonchev–Trinajstić information content (AvgIpc) is 2.77. The first kappa shape index (κ1) is 24.5. The zero-order chi connectivity index (χ0) is 23.3. The highest BCUT2D eigenvalue weighted by atomic mass is 19.2. The van der Waals surface area contributed by atoms with E-state index < -0.39 is 23.5 Å². The maximum atomic E-state index is 13.9. The number of rotatable bonds is 7. The predicted octanol–water partition coefficient (Wildman–Crippen LogP) is 2.41. The number of likely N-dealkylation sites (tertiary alicyclic amines) is 1. The molecule has 0 bridgehead atoms. The second kappa shape index (κ2) is 11.1. The molecule has 178 valence electrons. The quantitative estimate of drug-likeness (QED) is 0.551. The van der Waals surface area contributed by atoms with Gasteiger partial charge in [0.25, 0.3) is 0 Å². The molecule has 1 saturated heterocycles. The zero-order valence-electron chi connectivity index (χ0n) is 18.2. The minimum absolute atomic E-state index is 0.0384. The van der Waals surface area contributed by atoms with E-state index in [1.54, 1.807) is 4.90 Å². The number of nitrogens with two attached hydrogens (primary N) is 1. The third-order valence-electron chi connectivity index (χ3n) is 6.67. The third-order valence-corrected chi connectivity index (χ3v) is 6.67. The fraction of sp³-hybridized carbons (Fsp3) is 0.652. The molecule has 32 heavy (non-hydrogen) atoms. The molecule has 1 aromatic rings. The van der Waals surface area contributed by atoms with E-state index >= 15 is 0 Å². The summed E-state index contributed by atoms with van der Waals surface area (Å²) in [6.45, 7) is 0.999. The number of hydrogen-bond donors (Lipinski definition) is 3. The summed E-state index contributed by atoms with van der Waals surface area (Å²) in [4.78, 5) is 26.3. The summed E-state index contributed by atoms with van der Waals surface area (Å²) in [5.74, 6) is -3.33. The monoisotopic (exact) mass is 455 g/mol. The molecule has 1 saturated carbocycles. The number of halogens is 3. The van der Waals surface area contributed by atoms with Gasteiger partial charge in [-0.05, 0) is 62.5 Å². The predicted molar refractivity (Wildman–Crippen MR) is 113 cm³/mol. The topological polar surface area (TPSA) is 95.7 Å². The van der Waals surface area contributed by atoms with E-state index in [9.17, 15) is 27.9 Å². The molecule has 0 aromatic heterocycles. The van der Waals surface area contributed by atoms with Crippen molar-refractivity contribution in [3.05, 3.63) is 35.1 Å². The molecular formula is C23H32F3N3O3. The van der Waals surface area contributed by atoms with Gasteiger partial charge in [0.1, 0.15) is 5.82 Å². The summed E-state index contributed by atoms with van der Waals surface area (Å²) in [5.41, 5.74) is 6.25. The van der Waals surface area contributed by atoms with Gasteiger partial charge < -0.3 is 21.1 Å². The summed E-state index contributed by atoms with van der Waals surface area (Å²) in [5, 5.41) is 12.5. The number of hydrogen-bond acceptors (Lipinski definition) is 4. The molecule has 2 fully saturated rings. The Morgan fingerprint density at radius 1 is 1.00 bits per heavy atom. The Hall–Kier alpha value is -2.13. The number of nitrogens with zero attached hydrogens (tertiary/aromatic N) is 1. The highest BCUT2D eigenvalue weighted by molar-refractivity contribution is 5.84. The molecule has 0 spiro atoms. The van der Waals surface area contributed by atoms with Crippen molar-refractivity contribution in [2.24, 2.45) is 11.7 Å². The highest BCUT2D eigenvalue weighted by Gasteiger charge is 2.28. The van der Waals surface area contributed by atoms with E-state index in [1.165, 1.54) is 0 Å². The van der Waals surface area contributed by atoms with Gasteiger partial charge in [0.15, 0.2) is 11.6 Å². The van der Waals surface area contributed by atoms with Crippen LogP contribution in [0.5, 0.6) is 0 Å². The van der Waals surface area contributed by atoms with Crippen LogP contribution in [-0.2, 0) is 16.0 Å². The number of amides is 2. The SMILES string of the molecule is N[C@H](Cc1cc(F)c(F)cc1F)C1CCN(C(=O)CCC(=O)NC2CCC(O)CC2)CC1. The fourth-order valence-corrected chi connectivity index (χ4v) is 4.62. The van der Waals surface area contributed by atoms with Gasteiger partial charge in [0.2, 0.25) is 11.8 Å². The second-order valence-electron chi connectivity index (χ2n) is 9.02. The fourth-order valence-electron chi connectivity index (χ4n) is 4.62. The molecule has 1 aliphatic heterocycles. The molecule has 3 rings (SSSR count). The molecule has 4 N–H and O–H groups in total. The second-order valence-corrected chi connectivity index (χ2v) is 9.02. The first-order valence-electron chi connectivity index (χ1n) is 11.4. The van der Waals surface area contributed by atoms with Gasteiger partial charge in [-0.25, -0.2) is 13.2 Å². The molecule has 0 radical (unpaired) electrons. The lowest BCUT2D eigenvalue weighted by Gasteiger charge is -2.35. The van der Waals surface area contributed by atoms with Gasteiger partial charge in [0.05, 0.1) is 6.10 Å². The van der Waals surface area contributed by atoms with E-state index in [-0.39, 0.29) is 54.7 Å². The molecule has 1 atom stereocenters. The molecule has 6 nitrogen and oxygen atoms in total. The van der Waals surface area contributed by atoms with Crippen LogP contribution >= 0.6 is 0 Å². The molecule has 2 aliphatic rings. The van der Waals surface area contributed by atoms with Crippen LogP contribution < -0.4 is 11.1 Å². The summed E-state index contributed by atoms with van der Waals surface area (Å²) < 4.78 is 40.4. The summed E-state index contributed by atoms with van der Waals surface area (Å²) in [6.07, 6.45) is 4.23. The first-order valence-corrected chi connectivity index (χ1v) is 11.4. The summed E-state index contributed by atoms with van der Waals surface area (Å²) in [6, 6.07) is 1.03. The Morgan fingerprint density at radius 2 is 1.62 bits per heavy atom. The van der Waals surface area contributed by atoms with E-state index in [4.69, 9.17) is 5.73 Å². The molecule has 1 aliphatic carbocycles. The van der Waals surface area contributed by atoms with Crippen LogP contribution in [-0.4, -0.2) is 53.1 Å². The van der Waals surface area contributed by atoms with Crippen LogP contribution in [0.25, 0.3) is 0 Å². The Bertz CT molecular complexity index is 807. The number of carbonyl (C=O) groups is 2. The molecule has 1 aromatic carbocycles. The van der Waals surface area contributed by atoms with Crippen molar-refractivity contribution in [3.8, 4) is 0 Å². The number of benzene rings is 1. The van der Waals surface area contributed by atoms with Crippen molar-refractivity contribution < 1.29 is 27.9 Å². The van der Waals surface area contributed by atoms with Crippen LogP contribution in [0.4, 0.5) is 13.2 Å². The Morgan fingerprint density at radius 3 is 2.28 bits per heavy atom. The van der Waals surface area contributed by atoms with E-state index in [2.05, 4.69) is 5.32 Å². The van der Waals surface area contributed by atoms with Crippen molar-refractivity contribution in [3.63, 3.8) is 0 Å². The van der Waals surface area contributed by atoms with Gasteiger partial charge in [-0.3, -0.25) is 9.59 Å². The number of carbonyl (C=O) groups excluding carboxylic acids is 2. The number of aliphatic hydroxyl groups excluding tert-OH is 1. The molecule has 1 heterocycles. The van der Waals surface area contributed by atoms with Crippen LogP contribution in [0.1, 0.15) is 56.9 Å². The average molecular weight is 456 g/mol. The van der Waals surface area contributed by atoms with Crippen LogP contribution in [0.15, 0.2) is 12.1 Å². The normalized spacial score (nSPS) is 23.1. The van der Waals surface area contributed by atoms with Gasteiger partial charge >= 0.3 is 0 Å². The minimum atomic E-state index is -1.22. The maximum absolute atomic E-state index is 13.9. The lowest BCUT2D eigenvalue weighted by molar-refractivity contribution is -0.135. The molecule has 0 unspecified atom stereocenters. The van der Waals surface area contributed by atoms with Gasteiger partial charge in [-0.1, -0.05) is 0 Å². The van der Waals surface area contributed by atoms with Gasteiger partial charge in [0, 0.05) is 44.1 Å². The van der Waals surface area contributed by atoms with E-state index in [0.717, 1.165) is 18.9 Å². The van der Waals surface area contributed by atoms with Crippen molar-refractivity contribution in [1.82, 2.24) is 10.2 Å². The largest absolute Gasteiger partial charge is 0.393 e. The van der Waals surface area contributed by atoms with Gasteiger partial charge in [-0.15, -0.1) is 0 Å². The first-order chi connectivity index (χ1) is 15.2. The molecule has 9 heteroatoms. The summed E-state index contributed by atoms with van der Waals surface area (Å²) >= 11 is 0. The summed E-state index contributed by atoms with van der Waals surface area (Å²) in [7, 11) is 0. The molecule has 2 amide bonds. The Balaban J connectivity index is 1.38. The third kappa shape index (κ3) is 6.68. The number of nitrogens with one attached hydrogen (secondary N) is 1. The standard InChI is InChI=1S/C23H32F3N3O3/c24-18-13-20(26)19(25)11-15(18)12-21(27)14-7-9-29(10-8-14)23(32)6-5-22(31)28-16-1-3-17(30)4-2-16/h11,13-14,16-17,21,30H,1-10,12,27H2,(H,28,31)/t16?,17?,21-/m1/s1. The smallest absolute Gasteiger partial charge is 0.223 e. The molecular weight excluding hydrogens is 423 g/mol. The lowest BCUT2D eigenvalue weighted by atomic mass is 9.86. The zero-order valence-corrected chi connectivity index (χ0v) is 18.2. The van der Waals surface area contributed by atoms with Crippen molar-refractivity contribution >= 4 is 11.8 Å². The number of aliphatic hydroxyl groups is 1. The van der Waals surface area contributed by atoms with Gasteiger partial charge in [-0.2, -0.15) is 0 Å².